The number of furan rings is 1. The maximum absolute atomic E-state index is 12.5. The highest BCUT2D eigenvalue weighted by Crippen LogP contribution is 2.36. The highest BCUT2D eigenvalue weighted by atomic mass is 16.7. The van der Waals surface area contributed by atoms with Gasteiger partial charge in [-0.2, -0.15) is 0 Å². The molecule has 172 valence electrons. The second-order valence-corrected chi connectivity index (χ2v) is 8.04. The van der Waals surface area contributed by atoms with Crippen molar-refractivity contribution in [2.45, 2.75) is 6.04 Å². The molecule has 3 aromatic rings. The highest BCUT2D eigenvalue weighted by molar-refractivity contribution is 5.91. The average molecular weight is 450 g/mol. The number of amides is 1. The van der Waals surface area contributed by atoms with E-state index in [0.29, 0.717) is 12.3 Å². The van der Waals surface area contributed by atoms with Crippen LogP contribution >= 0.6 is 0 Å². The van der Waals surface area contributed by atoms with Crippen LogP contribution in [-0.2, 0) is 0 Å². The van der Waals surface area contributed by atoms with E-state index in [1.165, 1.54) is 12.0 Å². The monoisotopic (exact) mass is 449 g/mol. The largest absolute Gasteiger partial charge is 0.497 e. The normalized spacial score (nSPS) is 16.5. The van der Waals surface area contributed by atoms with Crippen LogP contribution in [0, 0.1) is 0 Å². The number of ether oxygens (including phenoxy) is 3. The van der Waals surface area contributed by atoms with Gasteiger partial charge in [0.25, 0.3) is 5.91 Å². The van der Waals surface area contributed by atoms with E-state index in [2.05, 4.69) is 27.2 Å². The number of piperazine rings is 1. The van der Waals surface area contributed by atoms with Crippen molar-refractivity contribution in [2.24, 2.45) is 0 Å². The number of hydrogen-bond acceptors (Lipinski definition) is 7. The molecule has 1 fully saturated rings. The Morgan fingerprint density at radius 2 is 1.82 bits per heavy atom. The number of fused-ring (bicyclic) bond motifs is 1. The van der Waals surface area contributed by atoms with Crippen molar-refractivity contribution in [3.05, 3.63) is 72.2 Å². The van der Waals surface area contributed by atoms with Crippen molar-refractivity contribution in [1.82, 2.24) is 10.2 Å². The van der Waals surface area contributed by atoms with E-state index in [1.807, 2.05) is 30.3 Å². The van der Waals surface area contributed by atoms with Crippen LogP contribution in [0.15, 0.2) is 65.3 Å². The lowest BCUT2D eigenvalue weighted by atomic mass is 10.0. The molecule has 2 aliphatic heterocycles. The maximum atomic E-state index is 12.5. The van der Waals surface area contributed by atoms with Gasteiger partial charge in [-0.15, -0.1) is 0 Å². The molecule has 0 radical (unpaired) electrons. The molecule has 1 saturated heterocycles. The number of nitrogens with one attached hydrogen (secondary N) is 1. The SMILES string of the molecule is COc1ccc(N2CCN([C@H](CNC(=O)c3ccco3)c3ccc4c(c3)OCO4)CC2)cc1. The van der Waals surface area contributed by atoms with Crippen LogP contribution in [0.1, 0.15) is 22.2 Å². The molecule has 0 spiro atoms. The van der Waals surface area contributed by atoms with Crippen LogP contribution in [0.4, 0.5) is 5.69 Å². The Morgan fingerprint density at radius 1 is 1.03 bits per heavy atom. The first-order chi connectivity index (χ1) is 16.2. The number of methoxy groups -OCH3 is 1. The van der Waals surface area contributed by atoms with Gasteiger partial charge in [0, 0.05) is 38.4 Å². The van der Waals surface area contributed by atoms with Gasteiger partial charge in [0.05, 0.1) is 19.4 Å². The number of rotatable bonds is 7. The molecule has 1 atom stereocenters. The fourth-order valence-corrected chi connectivity index (χ4v) is 4.35. The molecule has 1 N–H and O–H groups in total. The standard InChI is InChI=1S/C25H27N3O5/c1-30-20-7-5-19(6-8-20)27-10-12-28(13-11-27)21(16-26-25(29)23-3-2-14-31-23)18-4-9-22-24(15-18)33-17-32-22/h2-9,14-15,21H,10-13,16-17H2,1H3,(H,26,29)/t21-/m1/s1. The Bertz CT molecular complexity index is 1080. The Labute approximate surface area is 192 Å². The summed E-state index contributed by atoms with van der Waals surface area (Å²) in [7, 11) is 1.68. The Hall–Kier alpha value is -3.65. The Morgan fingerprint density at radius 3 is 2.55 bits per heavy atom. The van der Waals surface area contributed by atoms with Gasteiger partial charge in [-0.3, -0.25) is 9.69 Å². The summed E-state index contributed by atoms with van der Waals surface area (Å²) in [5.41, 5.74) is 2.26. The molecular formula is C25H27N3O5. The zero-order chi connectivity index (χ0) is 22.6. The van der Waals surface area contributed by atoms with E-state index in [0.717, 1.165) is 49.0 Å². The number of benzene rings is 2. The number of anilines is 1. The van der Waals surface area contributed by atoms with Crippen molar-refractivity contribution >= 4 is 11.6 Å². The van der Waals surface area contributed by atoms with Gasteiger partial charge in [-0.05, 0) is 54.1 Å². The molecular weight excluding hydrogens is 422 g/mol. The van der Waals surface area contributed by atoms with Gasteiger partial charge in [-0.1, -0.05) is 6.07 Å². The molecule has 0 bridgehead atoms. The van der Waals surface area contributed by atoms with Gasteiger partial charge >= 0.3 is 0 Å². The van der Waals surface area contributed by atoms with E-state index in [-0.39, 0.29) is 18.7 Å². The summed E-state index contributed by atoms with van der Waals surface area (Å²) in [5, 5.41) is 3.03. The third-order valence-electron chi connectivity index (χ3n) is 6.17. The molecule has 0 aliphatic carbocycles. The molecule has 33 heavy (non-hydrogen) atoms. The molecule has 5 rings (SSSR count). The average Bonchev–Trinajstić information content (AvgIpc) is 3.57. The highest BCUT2D eigenvalue weighted by Gasteiger charge is 2.27. The summed E-state index contributed by atoms with van der Waals surface area (Å²) in [6.07, 6.45) is 1.50. The zero-order valence-electron chi connectivity index (χ0n) is 18.5. The number of carbonyl (C=O) groups excluding carboxylic acids is 1. The minimum atomic E-state index is -0.220. The molecule has 3 heterocycles. The molecule has 2 aromatic carbocycles. The van der Waals surface area contributed by atoms with Crippen LogP contribution in [0.25, 0.3) is 0 Å². The minimum absolute atomic E-state index is 0.00331. The van der Waals surface area contributed by atoms with Crippen LogP contribution in [-0.4, -0.2) is 57.4 Å². The number of hydrogen-bond donors (Lipinski definition) is 1. The van der Waals surface area contributed by atoms with Gasteiger partial charge in [0.2, 0.25) is 6.79 Å². The Kier molecular flexibility index (Phi) is 6.08. The zero-order valence-corrected chi connectivity index (χ0v) is 18.5. The molecule has 2 aliphatic rings. The van der Waals surface area contributed by atoms with Crippen LogP contribution < -0.4 is 24.4 Å². The molecule has 1 amide bonds. The van der Waals surface area contributed by atoms with E-state index < -0.39 is 0 Å². The summed E-state index contributed by atoms with van der Waals surface area (Å²) in [5.74, 6) is 2.44. The van der Waals surface area contributed by atoms with Crippen molar-refractivity contribution in [1.29, 1.82) is 0 Å². The summed E-state index contributed by atoms with van der Waals surface area (Å²) in [4.78, 5) is 17.3. The molecule has 0 unspecified atom stereocenters. The molecule has 8 nitrogen and oxygen atoms in total. The summed E-state index contributed by atoms with van der Waals surface area (Å²) < 4.78 is 21.6. The maximum Gasteiger partial charge on any atom is 0.287 e. The fraction of sp³-hybridized carbons (Fsp3) is 0.320. The molecule has 0 saturated carbocycles. The topological polar surface area (TPSA) is 76.4 Å². The fourth-order valence-electron chi connectivity index (χ4n) is 4.35. The number of carbonyl (C=O) groups is 1. The minimum Gasteiger partial charge on any atom is -0.497 e. The predicted molar refractivity (Wildman–Crippen MR) is 123 cm³/mol. The van der Waals surface area contributed by atoms with E-state index >= 15 is 0 Å². The predicted octanol–water partition coefficient (Wildman–Crippen LogP) is 3.31. The summed E-state index contributed by atoms with van der Waals surface area (Å²) in [6, 6.07) is 17.5. The van der Waals surface area contributed by atoms with Gasteiger partial charge in [-0.25, -0.2) is 0 Å². The molecule has 1 aromatic heterocycles. The molecule has 8 heteroatoms. The van der Waals surface area contributed by atoms with Crippen LogP contribution in [0.5, 0.6) is 17.2 Å². The van der Waals surface area contributed by atoms with Crippen LogP contribution in [0.2, 0.25) is 0 Å². The quantitative estimate of drug-likeness (QED) is 0.593. The smallest absolute Gasteiger partial charge is 0.287 e. The third-order valence-corrected chi connectivity index (χ3v) is 6.17. The first-order valence-corrected chi connectivity index (χ1v) is 11.1. The lowest BCUT2D eigenvalue weighted by Gasteiger charge is -2.40. The van der Waals surface area contributed by atoms with Crippen LogP contribution in [0.3, 0.4) is 0 Å². The first kappa shape index (κ1) is 21.2. The summed E-state index contributed by atoms with van der Waals surface area (Å²) in [6.45, 7) is 4.20. The lowest BCUT2D eigenvalue weighted by Crippen LogP contribution is -2.49. The second-order valence-electron chi connectivity index (χ2n) is 8.04. The van der Waals surface area contributed by atoms with E-state index in [9.17, 15) is 4.79 Å². The van der Waals surface area contributed by atoms with Gasteiger partial charge in [0.1, 0.15) is 5.75 Å². The van der Waals surface area contributed by atoms with E-state index in [4.69, 9.17) is 18.6 Å². The third kappa shape index (κ3) is 4.61. The summed E-state index contributed by atoms with van der Waals surface area (Å²) >= 11 is 0. The van der Waals surface area contributed by atoms with Crippen molar-refractivity contribution in [3.8, 4) is 17.2 Å². The van der Waals surface area contributed by atoms with Crippen molar-refractivity contribution in [2.75, 3.05) is 51.5 Å². The first-order valence-electron chi connectivity index (χ1n) is 11.1. The Balaban J connectivity index is 1.30. The second kappa shape index (κ2) is 9.46. The van der Waals surface area contributed by atoms with Gasteiger partial charge < -0.3 is 28.8 Å². The lowest BCUT2D eigenvalue weighted by molar-refractivity contribution is 0.0902. The van der Waals surface area contributed by atoms with Crippen molar-refractivity contribution in [3.63, 3.8) is 0 Å². The van der Waals surface area contributed by atoms with Gasteiger partial charge in [0.15, 0.2) is 17.3 Å². The van der Waals surface area contributed by atoms with Crippen molar-refractivity contribution < 1.29 is 23.4 Å². The number of nitrogens with zero attached hydrogens (tertiary/aromatic N) is 2. The van der Waals surface area contributed by atoms with E-state index in [1.54, 1.807) is 19.2 Å².